The third-order valence-electron chi connectivity index (χ3n) is 4.23. The standard InChI is InChI=1S/C16H15FN2O/c17-13-5-3-11(4-6-13)15(9-18)19-16(20)14-8-10-1-2-12(14)7-10/h1-6,10,12,14-15H,7-8H2,(H,19,20). The van der Waals surface area contributed by atoms with Gasteiger partial charge in [-0.2, -0.15) is 5.26 Å². The van der Waals surface area contributed by atoms with Crippen LogP contribution in [0.1, 0.15) is 24.4 Å². The van der Waals surface area contributed by atoms with E-state index in [0.29, 0.717) is 17.4 Å². The van der Waals surface area contributed by atoms with Gasteiger partial charge in [0.25, 0.3) is 0 Å². The van der Waals surface area contributed by atoms with Gasteiger partial charge in [-0.1, -0.05) is 24.3 Å². The fourth-order valence-electron chi connectivity index (χ4n) is 3.18. The molecule has 0 radical (unpaired) electrons. The predicted molar refractivity (Wildman–Crippen MR) is 71.7 cm³/mol. The number of hydrogen-bond donors (Lipinski definition) is 1. The maximum Gasteiger partial charge on any atom is 0.225 e. The summed E-state index contributed by atoms with van der Waals surface area (Å²) in [5, 5.41) is 12.0. The highest BCUT2D eigenvalue weighted by Gasteiger charge is 2.40. The Morgan fingerprint density at radius 2 is 2.05 bits per heavy atom. The first-order valence-corrected chi connectivity index (χ1v) is 6.81. The van der Waals surface area contributed by atoms with Crippen molar-refractivity contribution in [2.24, 2.45) is 17.8 Å². The second kappa shape index (κ2) is 5.09. The topological polar surface area (TPSA) is 52.9 Å². The first kappa shape index (κ1) is 12.9. The molecule has 1 amide bonds. The van der Waals surface area contributed by atoms with Crippen molar-refractivity contribution in [3.8, 4) is 6.07 Å². The summed E-state index contributed by atoms with van der Waals surface area (Å²) < 4.78 is 12.9. The van der Waals surface area contributed by atoms with Gasteiger partial charge in [0.05, 0.1) is 6.07 Å². The van der Waals surface area contributed by atoms with E-state index in [2.05, 4.69) is 23.5 Å². The molecule has 2 bridgehead atoms. The summed E-state index contributed by atoms with van der Waals surface area (Å²) in [5.41, 5.74) is 0.612. The van der Waals surface area contributed by atoms with Crippen molar-refractivity contribution in [1.82, 2.24) is 5.32 Å². The molecular formula is C16H15FN2O. The molecule has 4 heteroatoms. The van der Waals surface area contributed by atoms with Crippen LogP contribution >= 0.6 is 0 Å². The van der Waals surface area contributed by atoms with Crippen molar-refractivity contribution in [1.29, 1.82) is 5.26 Å². The fourth-order valence-corrected chi connectivity index (χ4v) is 3.18. The molecule has 1 fully saturated rings. The van der Waals surface area contributed by atoms with E-state index >= 15 is 0 Å². The zero-order valence-electron chi connectivity index (χ0n) is 10.9. The maximum absolute atomic E-state index is 12.9. The minimum absolute atomic E-state index is 0.0266. The lowest BCUT2D eigenvalue weighted by atomic mass is 9.92. The molecule has 1 aromatic carbocycles. The zero-order valence-corrected chi connectivity index (χ0v) is 10.9. The number of rotatable bonds is 3. The third kappa shape index (κ3) is 2.32. The number of nitriles is 1. The SMILES string of the molecule is N#CC(NC(=O)C1CC2C=CC1C2)c1ccc(F)cc1. The minimum Gasteiger partial charge on any atom is -0.336 e. The lowest BCUT2D eigenvalue weighted by Crippen LogP contribution is -2.35. The van der Waals surface area contributed by atoms with Crippen LogP contribution in [0.3, 0.4) is 0 Å². The number of halogens is 1. The minimum atomic E-state index is -0.716. The number of allylic oxidation sites excluding steroid dienone is 2. The van der Waals surface area contributed by atoms with Gasteiger partial charge in [-0.25, -0.2) is 4.39 Å². The molecular weight excluding hydrogens is 255 g/mol. The summed E-state index contributed by atoms with van der Waals surface area (Å²) in [6.45, 7) is 0. The lowest BCUT2D eigenvalue weighted by molar-refractivity contribution is -0.126. The Labute approximate surface area is 117 Å². The molecule has 0 heterocycles. The van der Waals surface area contributed by atoms with Gasteiger partial charge >= 0.3 is 0 Å². The van der Waals surface area contributed by atoms with E-state index in [0.717, 1.165) is 12.8 Å². The molecule has 102 valence electrons. The quantitative estimate of drug-likeness (QED) is 0.859. The van der Waals surface area contributed by atoms with Crippen LogP contribution in [0.5, 0.6) is 0 Å². The van der Waals surface area contributed by atoms with Crippen LogP contribution in [0.15, 0.2) is 36.4 Å². The number of nitrogens with zero attached hydrogens (tertiary/aromatic N) is 1. The molecule has 0 saturated heterocycles. The number of hydrogen-bond acceptors (Lipinski definition) is 2. The van der Waals surface area contributed by atoms with Crippen molar-refractivity contribution in [3.05, 3.63) is 47.8 Å². The predicted octanol–water partition coefficient (Wildman–Crippen LogP) is 2.72. The summed E-state index contributed by atoms with van der Waals surface area (Å²) in [6.07, 6.45) is 6.20. The molecule has 3 nitrogen and oxygen atoms in total. The van der Waals surface area contributed by atoms with Crippen LogP contribution in [0.25, 0.3) is 0 Å². The number of carbonyl (C=O) groups excluding carboxylic acids is 1. The summed E-state index contributed by atoms with van der Waals surface area (Å²) >= 11 is 0. The Morgan fingerprint density at radius 3 is 2.60 bits per heavy atom. The van der Waals surface area contributed by atoms with Crippen LogP contribution in [0.2, 0.25) is 0 Å². The number of fused-ring (bicyclic) bond motifs is 2. The Balaban J connectivity index is 1.69. The van der Waals surface area contributed by atoms with Crippen LogP contribution < -0.4 is 5.32 Å². The maximum atomic E-state index is 12.9. The first-order valence-electron chi connectivity index (χ1n) is 6.81. The van der Waals surface area contributed by atoms with Gasteiger partial charge in [-0.15, -0.1) is 0 Å². The Hall–Kier alpha value is -2.15. The van der Waals surface area contributed by atoms with E-state index in [1.165, 1.54) is 24.3 Å². The second-order valence-corrected chi connectivity index (χ2v) is 5.51. The molecule has 0 spiro atoms. The number of benzene rings is 1. The largest absolute Gasteiger partial charge is 0.336 e. The third-order valence-corrected chi connectivity index (χ3v) is 4.23. The molecule has 0 aliphatic heterocycles. The van der Waals surface area contributed by atoms with Crippen molar-refractivity contribution < 1.29 is 9.18 Å². The van der Waals surface area contributed by atoms with Crippen molar-refractivity contribution in [3.63, 3.8) is 0 Å². The van der Waals surface area contributed by atoms with Crippen LogP contribution in [-0.2, 0) is 4.79 Å². The number of carbonyl (C=O) groups is 1. The van der Waals surface area contributed by atoms with Crippen molar-refractivity contribution in [2.45, 2.75) is 18.9 Å². The average Bonchev–Trinajstić information content (AvgIpc) is 3.08. The molecule has 0 aromatic heterocycles. The van der Waals surface area contributed by atoms with Gasteiger partial charge in [-0.05, 0) is 42.4 Å². The highest BCUT2D eigenvalue weighted by Crippen LogP contribution is 2.43. The van der Waals surface area contributed by atoms with Gasteiger partial charge in [0.1, 0.15) is 11.9 Å². The van der Waals surface area contributed by atoms with E-state index in [4.69, 9.17) is 0 Å². The fraction of sp³-hybridized carbons (Fsp3) is 0.375. The monoisotopic (exact) mass is 270 g/mol. The molecule has 4 atom stereocenters. The molecule has 1 aromatic rings. The van der Waals surface area contributed by atoms with Gasteiger partial charge in [0.15, 0.2) is 0 Å². The molecule has 1 N–H and O–H groups in total. The Morgan fingerprint density at radius 1 is 1.30 bits per heavy atom. The number of amides is 1. The highest BCUT2D eigenvalue weighted by molar-refractivity contribution is 5.80. The van der Waals surface area contributed by atoms with Crippen LogP contribution in [0, 0.1) is 34.9 Å². The zero-order chi connectivity index (χ0) is 14.1. The molecule has 1 saturated carbocycles. The highest BCUT2D eigenvalue weighted by atomic mass is 19.1. The van der Waals surface area contributed by atoms with Crippen molar-refractivity contribution in [2.75, 3.05) is 0 Å². The van der Waals surface area contributed by atoms with Gasteiger partial charge < -0.3 is 5.32 Å². The lowest BCUT2D eigenvalue weighted by Gasteiger charge is -2.20. The molecule has 20 heavy (non-hydrogen) atoms. The van der Waals surface area contributed by atoms with E-state index < -0.39 is 6.04 Å². The van der Waals surface area contributed by atoms with E-state index in [-0.39, 0.29) is 17.6 Å². The van der Waals surface area contributed by atoms with Crippen LogP contribution in [-0.4, -0.2) is 5.91 Å². The average molecular weight is 270 g/mol. The van der Waals surface area contributed by atoms with Gasteiger partial charge in [0.2, 0.25) is 5.91 Å². The van der Waals surface area contributed by atoms with Gasteiger partial charge in [-0.3, -0.25) is 4.79 Å². The van der Waals surface area contributed by atoms with E-state index in [1.807, 2.05) is 0 Å². The summed E-state index contributed by atoms with van der Waals surface area (Å²) in [6, 6.07) is 7.01. The Kier molecular flexibility index (Phi) is 3.27. The summed E-state index contributed by atoms with van der Waals surface area (Å²) in [7, 11) is 0. The van der Waals surface area contributed by atoms with Crippen LogP contribution in [0.4, 0.5) is 4.39 Å². The van der Waals surface area contributed by atoms with Gasteiger partial charge in [0, 0.05) is 5.92 Å². The first-order chi connectivity index (χ1) is 9.67. The summed E-state index contributed by atoms with van der Waals surface area (Å²) in [5.74, 6) is 0.378. The smallest absolute Gasteiger partial charge is 0.225 e. The normalized spacial score (nSPS) is 28.1. The molecule has 2 aliphatic carbocycles. The molecule has 4 unspecified atom stereocenters. The second-order valence-electron chi connectivity index (χ2n) is 5.51. The van der Waals surface area contributed by atoms with Crippen molar-refractivity contribution >= 4 is 5.91 Å². The molecule has 3 rings (SSSR count). The molecule has 2 aliphatic rings. The Bertz CT molecular complexity index is 587. The van der Waals surface area contributed by atoms with E-state index in [1.54, 1.807) is 0 Å². The van der Waals surface area contributed by atoms with E-state index in [9.17, 15) is 14.4 Å². The summed E-state index contributed by atoms with van der Waals surface area (Å²) in [4.78, 5) is 12.3. The number of nitrogens with one attached hydrogen (secondary N) is 1.